The van der Waals surface area contributed by atoms with Crippen molar-refractivity contribution in [3.05, 3.63) is 23.5 Å². The largest absolute Gasteiger partial charge is 0.471 e. The van der Waals surface area contributed by atoms with Crippen LogP contribution in [0.3, 0.4) is 0 Å². The first-order valence-electron chi connectivity index (χ1n) is 7.93. The predicted molar refractivity (Wildman–Crippen MR) is 91.6 cm³/mol. The molecule has 0 aromatic carbocycles. The number of carbonyl (C=O) groups is 1. The Hall–Kier alpha value is -2.94. The van der Waals surface area contributed by atoms with Gasteiger partial charge in [-0.3, -0.25) is 4.79 Å². The van der Waals surface area contributed by atoms with E-state index in [9.17, 15) is 18.0 Å². The van der Waals surface area contributed by atoms with Gasteiger partial charge in [0.05, 0.1) is 6.20 Å². The molecule has 1 saturated heterocycles. The van der Waals surface area contributed by atoms with Crippen LogP contribution in [0.25, 0.3) is 0 Å². The number of nitriles is 1. The highest BCUT2D eigenvalue weighted by molar-refractivity contribution is 7.16. The summed E-state index contributed by atoms with van der Waals surface area (Å²) in [5.74, 6) is -0.965. The molecule has 3 heterocycles. The molecule has 142 valence electrons. The number of nitrogens with one attached hydrogen (secondary N) is 2. The molecule has 2 aromatic rings. The average molecular weight is 397 g/mol. The number of nitrogens with zero attached hydrogens (tertiary/aromatic N) is 5. The van der Waals surface area contributed by atoms with E-state index in [0.717, 1.165) is 0 Å². The zero-order valence-electron chi connectivity index (χ0n) is 13.8. The Kier molecular flexibility index (Phi) is 5.41. The van der Waals surface area contributed by atoms with Gasteiger partial charge in [-0.15, -0.1) is 0 Å². The summed E-state index contributed by atoms with van der Waals surface area (Å²) in [5.41, 5.74) is 0. The number of piperidine rings is 1. The van der Waals surface area contributed by atoms with E-state index in [0.29, 0.717) is 41.0 Å². The zero-order chi connectivity index (χ0) is 19.4. The summed E-state index contributed by atoms with van der Waals surface area (Å²) in [6.07, 6.45) is -1.05. The second kappa shape index (κ2) is 7.75. The standard InChI is InChI=1S/C15H14F3N7OS/c16-15(17,18)13(26)23-9-2-1-3-25(7-9)12-4-11(21-8-22-12)24-14-20-6-10(5-19)27-14/h4,6,8-9H,1-3,7H2,(H,23,26)(H,20,21,22,24). The molecule has 0 saturated carbocycles. The number of amides is 1. The zero-order valence-corrected chi connectivity index (χ0v) is 14.6. The van der Waals surface area contributed by atoms with Crippen LogP contribution in [0.1, 0.15) is 17.7 Å². The number of alkyl halides is 3. The molecule has 1 aliphatic rings. The second-order valence-electron chi connectivity index (χ2n) is 5.78. The number of aromatic nitrogens is 3. The quantitative estimate of drug-likeness (QED) is 0.814. The Morgan fingerprint density at radius 2 is 2.19 bits per heavy atom. The van der Waals surface area contributed by atoms with E-state index in [1.165, 1.54) is 23.9 Å². The van der Waals surface area contributed by atoms with Crippen molar-refractivity contribution < 1.29 is 18.0 Å². The summed E-state index contributed by atoms with van der Waals surface area (Å²) in [5, 5.41) is 14.3. The van der Waals surface area contributed by atoms with Crippen LogP contribution in [0.5, 0.6) is 0 Å². The van der Waals surface area contributed by atoms with E-state index >= 15 is 0 Å². The number of carbonyl (C=O) groups excluding carboxylic acids is 1. The van der Waals surface area contributed by atoms with E-state index in [-0.39, 0.29) is 6.54 Å². The molecule has 1 unspecified atom stereocenters. The lowest BCUT2D eigenvalue weighted by Crippen LogP contribution is -2.51. The van der Waals surface area contributed by atoms with Gasteiger partial charge >= 0.3 is 12.1 Å². The highest BCUT2D eigenvalue weighted by Crippen LogP contribution is 2.24. The van der Waals surface area contributed by atoms with Gasteiger partial charge in [0, 0.05) is 25.2 Å². The van der Waals surface area contributed by atoms with Crippen LogP contribution in [0.15, 0.2) is 18.6 Å². The van der Waals surface area contributed by atoms with E-state index < -0.39 is 18.1 Å². The number of anilines is 3. The lowest BCUT2D eigenvalue weighted by Gasteiger charge is -2.34. The lowest BCUT2D eigenvalue weighted by atomic mass is 10.1. The molecule has 12 heteroatoms. The molecule has 0 spiro atoms. The van der Waals surface area contributed by atoms with Gasteiger partial charge in [0.2, 0.25) is 0 Å². The monoisotopic (exact) mass is 397 g/mol. The first-order chi connectivity index (χ1) is 12.8. The van der Waals surface area contributed by atoms with Gasteiger partial charge in [-0.05, 0) is 12.8 Å². The first-order valence-corrected chi connectivity index (χ1v) is 8.74. The second-order valence-corrected chi connectivity index (χ2v) is 6.81. The van der Waals surface area contributed by atoms with Crippen molar-refractivity contribution >= 4 is 34.0 Å². The normalized spacial score (nSPS) is 17.3. The van der Waals surface area contributed by atoms with Crippen molar-refractivity contribution in [1.29, 1.82) is 5.26 Å². The third-order valence-electron chi connectivity index (χ3n) is 3.84. The van der Waals surface area contributed by atoms with Crippen molar-refractivity contribution in [2.45, 2.75) is 25.1 Å². The third kappa shape index (κ3) is 4.82. The summed E-state index contributed by atoms with van der Waals surface area (Å²) in [6, 6.07) is 3.01. The smallest absolute Gasteiger partial charge is 0.354 e. The highest BCUT2D eigenvalue weighted by Gasteiger charge is 2.40. The Balaban J connectivity index is 1.67. The van der Waals surface area contributed by atoms with Gasteiger partial charge in [0.1, 0.15) is 28.9 Å². The molecule has 1 aliphatic heterocycles. The first kappa shape index (κ1) is 18.8. The van der Waals surface area contributed by atoms with Crippen molar-refractivity contribution in [3.8, 4) is 6.07 Å². The molecule has 1 amide bonds. The maximum Gasteiger partial charge on any atom is 0.471 e. The van der Waals surface area contributed by atoms with Crippen LogP contribution in [-0.2, 0) is 4.79 Å². The molecule has 2 N–H and O–H groups in total. The fourth-order valence-corrected chi connectivity index (χ4v) is 3.27. The van der Waals surface area contributed by atoms with Crippen molar-refractivity contribution in [3.63, 3.8) is 0 Å². The molecular weight excluding hydrogens is 383 g/mol. The minimum absolute atomic E-state index is 0.216. The number of halogens is 3. The van der Waals surface area contributed by atoms with Crippen LogP contribution in [0.4, 0.5) is 29.9 Å². The SMILES string of the molecule is N#Cc1cnc(Nc2cc(N3CCCC(NC(=O)C(F)(F)F)C3)ncn2)s1. The highest BCUT2D eigenvalue weighted by atomic mass is 32.1. The van der Waals surface area contributed by atoms with Crippen LogP contribution in [0.2, 0.25) is 0 Å². The summed E-state index contributed by atoms with van der Waals surface area (Å²) in [7, 11) is 0. The fraction of sp³-hybridized carbons (Fsp3) is 0.400. The number of rotatable bonds is 4. The third-order valence-corrected chi connectivity index (χ3v) is 4.66. The Labute approximate surface area is 156 Å². The summed E-state index contributed by atoms with van der Waals surface area (Å²) < 4.78 is 37.3. The summed E-state index contributed by atoms with van der Waals surface area (Å²) >= 11 is 1.17. The summed E-state index contributed by atoms with van der Waals surface area (Å²) in [4.78, 5) is 25.7. The summed E-state index contributed by atoms with van der Waals surface area (Å²) in [6.45, 7) is 0.818. The maximum absolute atomic E-state index is 12.4. The lowest BCUT2D eigenvalue weighted by molar-refractivity contribution is -0.174. The van der Waals surface area contributed by atoms with Crippen LogP contribution in [-0.4, -0.2) is 46.2 Å². The van der Waals surface area contributed by atoms with Crippen molar-refractivity contribution in [2.24, 2.45) is 0 Å². The van der Waals surface area contributed by atoms with E-state index in [2.05, 4.69) is 20.3 Å². The molecular formula is C15H14F3N7OS. The van der Waals surface area contributed by atoms with Gasteiger partial charge in [-0.2, -0.15) is 18.4 Å². The minimum atomic E-state index is -4.90. The van der Waals surface area contributed by atoms with Crippen LogP contribution >= 0.6 is 11.3 Å². The van der Waals surface area contributed by atoms with E-state index in [4.69, 9.17) is 5.26 Å². The van der Waals surface area contributed by atoms with Gasteiger partial charge in [-0.1, -0.05) is 11.3 Å². The van der Waals surface area contributed by atoms with E-state index in [1.54, 1.807) is 11.0 Å². The van der Waals surface area contributed by atoms with Crippen LogP contribution < -0.4 is 15.5 Å². The molecule has 1 fully saturated rings. The Bertz CT molecular complexity index is 864. The maximum atomic E-state index is 12.4. The molecule has 0 bridgehead atoms. The molecule has 2 aromatic heterocycles. The van der Waals surface area contributed by atoms with Crippen molar-refractivity contribution in [1.82, 2.24) is 20.3 Å². The van der Waals surface area contributed by atoms with E-state index in [1.807, 2.05) is 11.4 Å². The van der Waals surface area contributed by atoms with Gasteiger partial charge < -0.3 is 15.5 Å². The Morgan fingerprint density at radius 3 is 2.89 bits per heavy atom. The minimum Gasteiger partial charge on any atom is -0.354 e. The van der Waals surface area contributed by atoms with Gasteiger partial charge in [0.25, 0.3) is 0 Å². The van der Waals surface area contributed by atoms with Gasteiger partial charge in [0.15, 0.2) is 5.13 Å². The number of thiazole rings is 1. The molecule has 1 atom stereocenters. The fourth-order valence-electron chi connectivity index (χ4n) is 2.65. The number of hydrogen-bond acceptors (Lipinski definition) is 8. The molecule has 3 rings (SSSR count). The van der Waals surface area contributed by atoms with Crippen molar-refractivity contribution in [2.75, 3.05) is 23.3 Å². The molecule has 0 aliphatic carbocycles. The topological polar surface area (TPSA) is 107 Å². The average Bonchev–Trinajstić information content (AvgIpc) is 3.09. The van der Waals surface area contributed by atoms with Gasteiger partial charge in [-0.25, -0.2) is 15.0 Å². The number of hydrogen-bond donors (Lipinski definition) is 2. The molecule has 8 nitrogen and oxygen atoms in total. The molecule has 27 heavy (non-hydrogen) atoms. The molecule has 0 radical (unpaired) electrons. The Morgan fingerprint density at radius 1 is 1.37 bits per heavy atom. The van der Waals surface area contributed by atoms with Crippen LogP contribution in [0, 0.1) is 11.3 Å². The predicted octanol–water partition coefficient (Wildman–Crippen LogP) is 2.20.